The van der Waals surface area contributed by atoms with Crippen LogP contribution in [-0.4, -0.2) is 6.29 Å². The van der Waals surface area contributed by atoms with Crippen molar-refractivity contribution >= 4 is 6.29 Å². The summed E-state index contributed by atoms with van der Waals surface area (Å²) in [6.07, 6.45) is 6.13. The smallest absolute Gasteiger partial charge is 0.153 e. The number of rotatable bonds is 1. The molecule has 1 aromatic rings. The van der Waals surface area contributed by atoms with Gasteiger partial charge in [0.2, 0.25) is 0 Å². The summed E-state index contributed by atoms with van der Waals surface area (Å²) in [6.45, 7) is 0. The molecular weight excluding hydrogens is 132 g/mol. The fourth-order valence-electron chi connectivity index (χ4n) is 0.452. The zero-order valence-corrected chi connectivity index (χ0v) is 5.19. The van der Waals surface area contributed by atoms with Gasteiger partial charge in [-0.1, -0.05) is 0 Å². The van der Waals surface area contributed by atoms with Crippen molar-refractivity contribution in [2.75, 3.05) is 0 Å². The summed E-state index contributed by atoms with van der Waals surface area (Å²) in [5, 5.41) is 0. The Morgan fingerprint density at radius 3 is 2.80 bits per heavy atom. The zero-order valence-electron chi connectivity index (χ0n) is 5.19. The lowest BCUT2D eigenvalue weighted by molar-refractivity contribution is 0.112. The number of hydrogen-bond donors (Lipinski definition) is 0. The van der Waals surface area contributed by atoms with Gasteiger partial charge < -0.3 is 8.83 Å². The van der Waals surface area contributed by atoms with E-state index < -0.39 is 0 Å². The van der Waals surface area contributed by atoms with Crippen LogP contribution in [0, 0.1) is 0 Å². The van der Waals surface area contributed by atoms with Gasteiger partial charge in [-0.15, -0.1) is 0 Å². The predicted octanol–water partition coefficient (Wildman–Crippen LogP) is 1.81. The summed E-state index contributed by atoms with van der Waals surface area (Å²) in [5.41, 5.74) is 0.435. The van der Waals surface area contributed by atoms with E-state index in [2.05, 4.69) is 0 Å². The van der Waals surface area contributed by atoms with Gasteiger partial charge in [0, 0.05) is 0 Å². The van der Waals surface area contributed by atoms with E-state index in [1.54, 1.807) is 0 Å². The minimum atomic E-state index is 0.435. The van der Waals surface area contributed by atoms with E-state index in [0.29, 0.717) is 11.8 Å². The molecule has 1 aromatic heterocycles. The van der Waals surface area contributed by atoms with E-state index in [1.807, 2.05) is 0 Å². The molecule has 0 bridgehead atoms. The van der Waals surface area contributed by atoms with Crippen LogP contribution in [-0.2, 0) is 0 Å². The Morgan fingerprint density at radius 2 is 2.00 bits per heavy atom. The first-order valence-corrected chi connectivity index (χ1v) is 2.71. The van der Waals surface area contributed by atoms with Crippen LogP contribution in [0.3, 0.4) is 0 Å². The Hall–Kier alpha value is -1.51. The molecule has 0 aliphatic carbocycles. The molecule has 0 aromatic carbocycles. The number of hydrogen-bond acceptors (Lipinski definition) is 3. The lowest BCUT2D eigenvalue weighted by Gasteiger charge is -1.81. The third kappa shape index (κ3) is 1.78. The SMILES string of the molecule is O=Cc1ccoccoc1. The van der Waals surface area contributed by atoms with E-state index in [4.69, 9.17) is 8.83 Å². The largest absolute Gasteiger partial charge is 0.469 e. The zero-order chi connectivity index (χ0) is 7.23. The number of carbonyl (C=O) groups excluding carboxylic acids is 1. The fourth-order valence-corrected chi connectivity index (χ4v) is 0.452. The van der Waals surface area contributed by atoms with Crippen LogP contribution in [0.25, 0.3) is 0 Å². The Morgan fingerprint density at radius 1 is 1.20 bits per heavy atom. The highest BCUT2D eigenvalue weighted by Crippen LogP contribution is 1.90. The maximum Gasteiger partial charge on any atom is 0.153 e. The molecule has 0 saturated carbocycles. The first kappa shape index (κ1) is 6.61. The molecule has 0 atom stereocenters. The average molecular weight is 138 g/mol. The van der Waals surface area contributed by atoms with Gasteiger partial charge in [-0.3, -0.25) is 4.79 Å². The van der Waals surface area contributed by atoms with Crippen LogP contribution in [0.2, 0.25) is 0 Å². The van der Waals surface area contributed by atoms with E-state index in [9.17, 15) is 4.79 Å². The van der Waals surface area contributed by atoms with E-state index in [1.165, 1.54) is 31.1 Å². The first-order valence-electron chi connectivity index (χ1n) is 2.71. The lowest BCUT2D eigenvalue weighted by Crippen LogP contribution is -1.71. The van der Waals surface area contributed by atoms with Gasteiger partial charge in [0.1, 0.15) is 18.8 Å². The molecule has 0 aliphatic heterocycles. The lowest BCUT2D eigenvalue weighted by atomic mass is 10.4. The second kappa shape index (κ2) is 3.50. The minimum Gasteiger partial charge on any atom is -0.469 e. The maximum atomic E-state index is 10.1. The molecule has 3 nitrogen and oxygen atoms in total. The quantitative estimate of drug-likeness (QED) is 0.556. The summed E-state index contributed by atoms with van der Waals surface area (Å²) < 4.78 is 9.45. The summed E-state index contributed by atoms with van der Waals surface area (Å²) in [4.78, 5) is 10.1. The minimum absolute atomic E-state index is 0.435. The van der Waals surface area contributed by atoms with Crippen LogP contribution in [0.5, 0.6) is 0 Å². The van der Waals surface area contributed by atoms with E-state index in [0.717, 1.165) is 0 Å². The molecular formula is C7H6O3. The monoisotopic (exact) mass is 138 g/mol. The van der Waals surface area contributed by atoms with Crippen LogP contribution >= 0.6 is 0 Å². The van der Waals surface area contributed by atoms with Gasteiger partial charge in [-0.05, 0) is 6.07 Å². The predicted molar refractivity (Wildman–Crippen MR) is 34.0 cm³/mol. The third-order valence-corrected chi connectivity index (χ3v) is 0.892. The number of carbonyl (C=O) groups is 1. The molecule has 0 unspecified atom stereocenters. The highest BCUT2D eigenvalue weighted by Gasteiger charge is 1.81. The van der Waals surface area contributed by atoms with Gasteiger partial charge in [-0.2, -0.15) is 0 Å². The Kier molecular flexibility index (Phi) is 2.31. The van der Waals surface area contributed by atoms with E-state index >= 15 is 0 Å². The van der Waals surface area contributed by atoms with Crippen molar-refractivity contribution < 1.29 is 13.6 Å². The summed E-state index contributed by atoms with van der Waals surface area (Å²) in [7, 11) is 0. The molecule has 0 fully saturated rings. The molecule has 0 N–H and O–H groups in total. The van der Waals surface area contributed by atoms with Crippen molar-refractivity contribution in [2.24, 2.45) is 0 Å². The molecule has 0 spiro atoms. The van der Waals surface area contributed by atoms with Crippen molar-refractivity contribution in [3.8, 4) is 0 Å². The fraction of sp³-hybridized carbons (Fsp3) is 0. The van der Waals surface area contributed by atoms with Gasteiger partial charge in [0.05, 0.1) is 11.8 Å². The Balaban J connectivity index is 3.10. The van der Waals surface area contributed by atoms with Crippen molar-refractivity contribution in [3.05, 3.63) is 36.7 Å². The topological polar surface area (TPSA) is 43.4 Å². The van der Waals surface area contributed by atoms with Crippen molar-refractivity contribution in [1.82, 2.24) is 0 Å². The van der Waals surface area contributed by atoms with E-state index in [-0.39, 0.29) is 0 Å². The van der Waals surface area contributed by atoms with Gasteiger partial charge >= 0.3 is 0 Å². The second-order valence-corrected chi connectivity index (χ2v) is 1.58. The van der Waals surface area contributed by atoms with Crippen molar-refractivity contribution in [3.63, 3.8) is 0 Å². The molecule has 0 radical (unpaired) electrons. The number of aldehydes is 1. The Labute approximate surface area is 57.6 Å². The highest BCUT2D eigenvalue weighted by atomic mass is 16.4. The molecule has 1 rings (SSSR count). The average Bonchev–Trinajstić information content (AvgIpc) is 1.87. The second-order valence-electron chi connectivity index (χ2n) is 1.58. The van der Waals surface area contributed by atoms with Crippen LogP contribution in [0.4, 0.5) is 0 Å². The molecule has 0 saturated heterocycles. The molecule has 0 amide bonds. The molecule has 1 heterocycles. The molecule has 3 heteroatoms. The Bertz CT molecular complexity index is 226. The standard InChI is InChI=1S/C7H6O3/c8-5-7-1-2-9-3-4-10-6-7/h1-6H. The third-order valence-electron chi connectivity index (χ3n) is 0.892. The van der Waals surface area contributed by atoms with Crippen LogP contribution in [0.1, 0.15) is 10.4 Å². The normalized spacial score (nSPS) is 8.40. The summed E-state index contributed by atoms with van der Waals surface area (Å²) in [5.74, 6) is 0. The van der Waals surface area contributed by atoms with Gasteiger partial charge in [0.25, 0.3) is 0 Å². The highest BCUT2D eigenvalue weighted by molar-refractivity contribution is 5.73. The molecule has 10 heavy (non-hydrogen) atoms. The van der Waals surface area contributed by atoms with Crippen LogP contribution < -0.4 is 0 Å². The molecule has 0 aliphatic rings. The molecule has 52 valence electrons. The first-order chi connectivity index (χ1) is 4.93. The van der Waals surface area contributed by atoms with Gasteiger partial charge in [-0.25, -0.2) is 0 Å². The van der Waals surface area contributed by atoms with Crippen LogP contribution in [0.15, 0.2) is 40.0 Å². The van der Waals surface area contributed by atoms with Crippen molar-refractivity contribution in [2.45, 2.75) is 0 Å². The van der Waals surface area contributed by atoms with Gasteiger partial charge in [0.15, 0.2) is 6.29 Å². The van der Waals surface area contributed by atoms with Crippen molar-refractivity contribution in [1.29, 1.82) is 0 Å². The maximum absolute atomic E-state index is 10.1. The summed E-state index contributed by atoms with van der Waals surface area (Å²) >= 11 is 0. The summed E-state index contributed by atoms with van der Waals surface area (Å²) in [6, 6.07) is 1.51.